The molecule has 1 fully saturated rings. The van der Waals surface area contributed by atoms with E-state index in [-0.39, 0.29) is 5.91 Å². The first-order valence-corrected chi connectivity index (χ1v) is 10.1. The standard InChI is InChI=1S/C23H30N2O4/c1-3-22(29-21-10-8-20(27-2)9-11-21)23(26)24-16-18-4-6-19(7-5-18)17-25-12-14-28-15-13-25/h4-11,22H,3,12-17H2,1-2H3,(H,24,26). The Labute approximate surface area is 172 Å². The van der Waals surface area contributed by atoms with Gasteiger partial charge in [0.25, 0.3) is 5.91 Å². The molecule has 1 unspecified atom stereocenters. The first-order chi connectivity index (χ1) is 14.2. The lowest BCUT2D eigenvalue weighted by Gasteiger charge is -2.26. The van der Waals surface area contributed by atoms with E-state index >= 15 is 0 Å². The Morgan fingerprint density at radius 2 is 1.66 bits per heavy atom. The number of amides is 1. The third kappa shape index (κ3) is 6.48. The molecule has 1 aliphatic heterocycles. The van der Waals surface area contributed by atoms with E-state index in [2.05, 4.69) is 34.5 Å². The number of ether oxygens (including phenoxy) is 3. The molecule has 6 nitrogen and oxygen atoms in total. The zero-order valence-corrected chi connectivity index (χ0v) is 17.2. The second-order valence-electron chi connectivity index (χ2n) is 7.11. The van der Waals surface area contributed by atoms with Gasteiger partial charge in [-0.2, -0.15) is 0 Å². The normalized spacial score (nSPS) is 15.5. The topological polar surface area (TPSA) is 60.0 Å². The molecule has 2 aromatic carbocycles. The summed E-state index contributed by atoms with van der Waals surface area (Å²) in [6.45, 7) is 6.92. The van der Waals surface area contributed by atoms with Crippen molar-refractivity contribution in [2.75, 3.05) is 33.4 Å². The van der Waals surface area contributed by atoms with Crippen LogP contribution in [0, 0.1) is 0 Å². The number of rotatable bonds is 9. The molecule has 0 saturated carbocycles. The number of methoxy groups -OCH3 is 1. The second kappa shape index (κ2) is 10.8. The fourth-order valence-electron chi connectivity index (χ4n) is 3.22. The molecule has 1 amide bonds. The molecule has 3 rings (SSSR count). The molecule has 1 N–H and O–H groups in total. The number of nitrogens with one attached hydrogen (secondary N) is 1. The minimum absolute atomic E-state index is 0.110. The maximum Gasteiger partial charge on any atom is 0.261 e. The molecule has 156 valence electrons. The molecule has 1 saturated heterocycles. The van der Waals surface area contributed by atoms with Crippen molar-refractivity contribution in [2.45, 2.75) is 32.5 Å². The largest absolute Gasteiger partial charge is 0.497 e. The van der Waals surface area contributed by atoms with Crippen LogP contribution in [0.5, 0.6) is 11.5 Å². The van der Waals surface area contributed by atoms with Gasteiger partial charge < -0.3 is 19.5 Å². The van der Waals surface area contributed by atoms with Gasteiger partial charge in [-0.1, -0.05) is 31.2 Å². The van der Waals surface area contributed by atoms with Crippen LogP contribution >= 0.6 is 0 Å². The van der Waals surface area contributed by atoms with Gasteiger partial charge in [-0.15, -0.1) is 0 Å². The van der Waals surface area contributed by atoms with Crippen LogP contribution < -0.4 is 14.8 Å². The molecule has 0 spiro atoms. The Morgan fingerprint density at radius 3 is 2.28 bits per heavy atom. The van der Waals surface area contributed by atoms with Crippen LogP contribution in [0.1, 0.15) is 24.5 Å². The van der Waals surface area contributed by atoms with Gasteiger partial charge in [-0.25, -0.2) is 0 Å². The first kappa shape index (κ1) is 21.1. The number of hydrogen-bond donors (Lipinski definition) is 1. The highest BCUT2D eigenvalue weighted by atomic mass is 16.5. The van der Waals surface area contributed by atoms with Gasteiger partial charge in [0.2, 0.25) is 0 Å². The van der Waals surface area contributed by atoms with Gasteiger partial charge in [0.05, 0.1) is 20.3 Å². The van der Waals surface area contributed by atoms with E-state index in [9.17, 15) is 4.79 Å². The van der Waals surface area contributed by atoms with Crippen molar-refractivity contribution in [3.63, 3.8) is 0 Å². The number of hydrogen-bond acceptors (Lipinski definition) is 5. The van der Waals surface area contributed by atoms with E-state index in [0.29, 0.717) is 18.7 Å². The van der Waals surface area contributed by atoms with Crippen molar-refractivity contribution < 1.29 is 19.0 Å². The van der Waals surface area contributed by atoms with Crippen molar-refractivity contribution in [1.82, 2.24) is 10.2 Å². The van der Waals surface area contributed by atoms with E-state index in [1.807, 2.05) is 31.2 Å². The fourth-order valence-corrected chi connectivity index (χ4v) is 3.22. The predicted octanol–water partition coefficient (Wildman–Crippen LogP) is 3.00. The van der Waals surface area contributed by atoms with Crippen molar-refractivity contribution in [3.8, 4) is 11.5 Å². The lowest BCUT2D eigenvalue weighted by atomic mass is 10.1. The SMILES string of the molecule is CCC(Oc1ccc(OC)cc1)C(=O)NCc1ccc(CN2CCOCC2)cc1. The van der Waals surface area contributed by atoms with Crippen molar-refractivity contribution in [3.05, 3.63) is 59.7 Å². The van der Waals surface area contributed by atoms with Crippen LogP contribution in [-0.2, 0) is 22.6 Å². The van der Waals surface area contributed by atoms with Gasteiger partial charge >= 0.3 is 0 Å². The highest BCUT2D eigenvalue weighted by Crippen LogP contribution is 2.19. The predicted molar refractivity (Wildman–Crippen MR) is 112 cm³/mol. The van der Waals surface area contributed by atoms with E-state index in [1.165, 1.54) is 5.56 Å². The second-order valence-corrected chi connectivity index (χ2v) is 7.11. The first-order valence-electron chi connectivity index (χ1n) is 10.1. The average Bonchev–Trinajstić information content (AvgIpc) is 2.78. The molecule has 2 aromatic rings. The van der Waals surface area contributed by atoms with E-state index < -0.39 is 6.10 Å². The maximum absolute atomic E-state index is 12.5. The molecule has 6 heteroatoms. The molecular formula is C23H30N2O4. The van der Waals surface area contributed by atoms with Crippen molar-refractivity contribution in [2.24, 2.45) is 0 Å². The smallest absolute Gasteiger partial charge is 0.261 e. The van der Waals surface area contributed by atoms with Crippen LogP contribution in [0.2, 0.25) is 0 Å². The summed E-state index contributed by atoms with van der Waals surface area (Å²) in [5, 5.41) is 2.98. The van der Waals surface area contributed by atoms with Gasteiger partial charge in [0.1, 0.15) is 11.5 Å². The summed E-state index contributed by atoms with van der Waals surface area (Å²) < 4.78 is 16.4. The molecule has 0 radical (unpaired) electrons. The number of nitrogens with zero attached hydrogens (tertiary/aromatic N) is 1. The van der Waals surface area contributed by atoms with Crippen LogP contribution in [0.4, 0.5) is 0 Å². The molecule has 0 aliphatic carbocycles. The zero-order valence-electron chi connectivity index (χ0n) is 17.2. The summed E-state index contributed by atoms with van der Waals surface area (Å²) in [6, 6.07) is 15.6. The number of benzene rings is 2. The van der Waals surface area contributed by atoms with E-state index in [4.69, 9.17) is 14.2 Å². The number of morpholine rings is 1. The zero-order chi connectivity index (χ0) is 20.5. The van der Waals surface area contributed by atoms with Crippen molar-refractivity contribution >= 4 is 5.91 Å². The third-order valence-corrected chi connectivity index (χ3v) is 5.00. The molecule has 1 heterocycles. The van der Waals surface area contributed by atoms with Gasteiger partial charge in [0, 0.05) is 26.2 Å². The minimum Gasteiger partial charge on any atom is -0.497 e. The Kier molecular flexibility index (Phi) is 7.90. The highest BCUT2D eigenvalue weighted by Gasteiger charge is 2.18. The van der Waals surface area contributed by atoms with Gasteiger partial charge in [-0.3, -0.25) is 9.69 Å². The minimum atomic E-state index is -0.524. The van der Waals surface area contributed by atoms with Gasteiger partial charge in [-0.05, 0) is 41.8 Å². The molecule has 0 aromatic heterocycles. The van der Waals surface area contributed by atoms with Crippen molar-refractivity contribution in [1.29, 1.82) is 0 Å². The van der Waals surface area contributed by atoms with E-state index in [0.717, 1.165) is 44.2 Å². The van der Waals surface area contributed by atoms with Crippen LogP contribution in [-0.4, -0.2) is 50.3 Å². The summed E-state index contributed by atoms with van der Waals surface area (Å²) >= 11 is 0. The quantitative estimate of drug-likeness (QED) is 0.704. The summed E-state index contributed by atoms with van der Waals surface area (Å²) in [5.41, 5.74) is 2.35. The summed E-state index contributed by atoms with van der Waals surface area (Å²) in [4.78, 5) is 14.9. The summed E-state index contributed by atoms with van der Waals surface area (Å²) in [7, 11) is 1.62. The Bertz CT molecular complexity index is 755. The third-order valence-electron chi connectivity index (χ3n) is 5.00. The maximum atomic E-state index is 12.5. The van der Waals surface area contributed by atoms with Crippen LogP contribution in [0.25, 0.3) is 0 Å². The number of carbonyl (C=O) groups excluding carboxylic acids is 1. The van der Waals surface area contributed by atoms with E-state index in [1.54, 1.807) is 7.11 Å². The van der Waals surface area contributed by atoms with Gasteiger partial charge in [0.15, 0.2) is 6.10 Å². The van der Waals surface area contributed by atoms with Crippen LogP contribution in [0.15, 0.2) is 48.5 Å². The molecular weight excluding hydrogens is 368 g/mol. The fraction of sp³-hybridized carbons (Fsp3) is 0.435. The Balaban J connectivity index is 1.47. The number of carbonyl (C=O) groups is 1. The Morgan fingerprint density at radius 1 is 1.03 bits per heavy atom. The summed E-state index contributed by atoms with van der Waals surface area (Å²) in [6.07, 6.45) is 0.0695. The molecule has 1 atom stereocenters. The lowest BCUT2D eigenvalue weighted by molar-refractivity contribution is -0.128. The highest BCUT2D eigenvalue weighted by molar-refractivity contribution is 5.81. The van der Waals surface area contributed by atoms with Crippen LogP contribution in [0.3, 0.4) is 0 Å². The summed E-state index contributed by atoms with van der Waals surface area (Å²) in [5.74, 6) is 1.30. The monoisotopic (exact) mass is 398 g/mol. The lowest BCUT2D eigenvalue weighted by Crippen LogP contribution is -2.37. The average molecular weight is 399 g/mol. The molecule has 0 bridgehead atoms. The molecule has 1 aliphatic rings. The Hall–Kier alpha value is -2.57. The molecule has 29 heavy (non-hydrogen) atoms.